The van der Waals surface area contributed by atoms with Crippen LogP contribution in [-0.4, -0.2) is 19.0 Å². The molecule has 2 rings (SSSR count). The van der Waals surface area contributed by atoms with E-state index in [1.54, 1.807) is 6.07 Å². The zero-order valence-corrected chi connectivity index (χ0v) is 11.6. The van der Waals surface area contributed by atoms with Crippen LogP contribution in [0.25, 0.3) is 11.0 Å². The highest BCUT2D eigenvalue weighted by Crippen LogP contribution is 2.34. The monoisotopic (exact) mass is 292 g/mol. The molecule has 1 heterocycles. The van der Waals surface area contributed by atoms with Gasteiger partial charge in [-0.25, -0.2) is 4.79 Å². The molecule has 0 saturated carbocycles. The van der Waals surface area contributed by atoms with Crippen molar-refractivity contribution in [2.45, 2.75) is 13.8 Å². The van der Waals surface area contributed by atoms with Gasteiger partial charge in [-0.3, -0.25) is 9.59 Å². The summed E-state index contributed by atoms with van der Waals surface area (Å²) in [5, 5.41) is 0.307. The number of hydrogen-bond donors (Lipinski definition) is 0. The van der Waals surface area contributed by atoms with Gasteiger partial charge in [0.2, 0.25) is 0 Å². The first-order valence-corrected chi connectivity index (χ1v) is 5.94. The normalized spacial score (nSPS) is 10.2. The van der Waals surface area contributed by atoms with Crippen molar-refractivity contribution in [3.05, 3.63) is 28.6 Å². The maximum atomic E-state index is 11.9. The molecule has 0 atom stereocenters. The Hall–Kier alpha value is -2.83. The van der Waals surface area contributed by atoms with Crippen molar-refractivity contribution >= 4 is 22.9 Å². The van der Waals surface area contributed by atoms with Gasteiger partial charge in [0.1, 0.15) is 11.3 Å². The molecule has 0 aliphatic heterocycles. The molecule has 0 unspecified atom stereocenters. The minimum atomic E-state index is -0.929. The van der Waals surface area contributed by atoms with Gasteiger partial charge < -0.3 is 18.6 Å². The lowest BCUT2D eigenvalue weighted by molar-refractivity contribution is -0.134. The van der Waals surface area contributed by atoms with Crippen molar-refractivity contribution in [3.8, 4) is 17.2 Å². The second kappa shape index (κ2) is 5.66. The third kappa shape index (κ3) is 3.02. The molecule has 7 nitrogen and oxygen atoms in total. The fourth-order valence-electron chi connectivity index (χ4n) is 1.74. The lowest BCUT2D eigenvalue weighted by Gasteiger charge is -2.10. The highest BCUT2D eigenvalue weighted by atomic mass is 16.6. The minimum absolute atomic E-state index is 0.145. The van der Waals surface area contributed by atoms with E-state index in [0.717, 1.165) is 6.92 Å². The molecule has 110 valence electrons. The SMILES string of the molecule is COc1ccc2c(OC(C)=O)c(OC(C)=O)c(=O)oc2c1. The van der Waals surface area contributed by atoms with Crippen LogP contribution in [0.15, 0.2) is 27.4 Å². The van der Waals surface area contributed by atoms with Crippen molar-refractivity contribution in [2.24, 2.45) is 0 Å². The first-order chi connectivity index (χ1) is 9.92. The Kier molecular flexibility index (Phi) is 3.93. The number of fused-ring (bicyclic) bond motifs is 1. The first kappa shape index (κ1) is 14.6. The summed E-state index contributed by atoms with van der Waals surface area (Å²) in [5.74, 6) is -1.56. The average Bonchev–Trinajstić information content (AvgIpc) is 2.41. The molecule has 0 amide bonds. The molecular weight excluding hydrogens is 280 g/mol. The van der Waals surface area contributed by atoms with E-state index in [-0.39, 0.29) is 11.3 Å². The van der Waals surface area contributed by atoms with E-state index in [1.165, 1.54) is 26.2 Å². The van der Waals surface area contributed by atoms with Crippen molar-refractivity contribution in [3.63, 3.8) is 0 Å². The molecule has 7 heteroatoms. The highest BCUT2D eigenvalue weighted by Gasteiger charge is 2.21. The molecule has 0 spiro atoms. The van der Waals surface area contributed by atoms with Gasteiger partial charge in [0.25, 0.3) is 5.75 Å². The summed E-state index contributed by atoms with van der Waals surface area (Å²) in [5.41, 5.74) is -0.784. The third-order valence-electron chi connectivity index (χ3n) is 2.52. The predicted octanol–water partition coefficient (Wildman–Crippen LogP) is 1.65. The van der Waals surface area contributed by atoms with E-state index in [4.69, 9.17) is 18.6 Å². The number of hydrogen-bond acceptors (Lipinski definition) is 7. The Labute approximate surface area is 119 Å². The third-order valence-corrected chi connectivity index (χ3v) is 2.52. The molecule has 0 radical (unpaired) electrons. The molecule has 1 aromatic heterocycles. The number of rotatable bonds is 3. The molecule has 0 aliphatic carbocycles. The van der Waals surface area contributed by atoms with E-state index in [1.807, 2.05) is 0 Å². The van der Waals surface area contributed by atoms with E-state index < -0.39 is 23.3 Å². The van der Waals surface area contributed by atoms with Crippen molar-refractivity contribution in [1.82, 2.24) is 0 Å². The van der Waals surface area contributed by atoms with Gasteiger partial charge in [0.05, 0.1) is 12.5 Å². The molecule has 21 heavy (non-hydrogen) atoms. The zero-order valence-electron chi connectivity index (χ0n) is 11.6. The fourth-order valence-corrected chi connectivity index (χ4v) is 1.74. The standard InChI is InChI=1S/C14H12O7/c1-7(15)19-12-10-5-4-9(18-3)6-11(10)21-14(17)13(12)20-8(2)16/h4-6H,1-3H3. The maximum Gasteiger partial charge on any atom is 0.383 e. The molecule has 2 aromatic rings. The van der Waals surface area contributed by atoms with E-state index in [2.05, 4.69) is 0 Å². The van der Waals surface area contributed by atoms with Crippen molar-refractivity contribution in [1.29, 1.82) is 0 Å². The van der Waals surface area contributed by atoms with E-state index >= 15 is 0 Å². The number of carbonyl (C=O) groups is 2. The Morgan fingerprint density at radius 1 is 1.05 bits per heavy atom. The summed E-state index contributed by atoms with van der Waals surface area (Å²) in [6.07, 6.45) is 0. The van der Waals surface area contributed by atoms with Crippen LogP contribution in [0.4, 0.5) is 0 Å². The minimum Gasteiger partial charge on any atom is -0.497 e. The lowest BCUT2D eigenvalue weighted by Crippen LogP contribution is -2.14. The van der Waals surface area contributed by atoms with Crippen LogP contribution in [0.3, 0.4) is 0 Å². The number of ether oxygens (including phenoxy) is 3. The number of methoxy groups -OCH3 is 1. The number of benzene rings is 1. The van der Waals surface area contributed by atoms with Gasteiger partial charge in [-0.05, 0) is 12.1 Å². The Morgan fingerprint density at radius 3 is 2.24 bits per heavy atom. The molecule has 0 aliphatic rings. The van der Waals surface area contributed by atoms with Gasteiger partial charge in [0, 0.05) is 19.9 Å². The molecule has 0 N–H and O–H groups in total. The summed E-state index contributed by atoms with van der Waals surface area (Å²) in [6.45, 7) is 2.29. The van der Waals surface area contributed by atoms with Gasteiger partial charge in [-0.1, -0.05) is 0 Å². The maximum absolute atomic E-state index is 11.9. The second-order valence-corrected chi connectivity index (χ2v) is 4.10. The molecule has 0 bridgehead atoms. The van der Waals surface area contributed by atoms with Gasteiger partial charge in [-0.2, -0.15) is 0 Å². The first-order valence-electron chi connectivity index (χ1n) is 5.94. The van der Waals surface area contributed by atoms with E-state index in [9.17, 15) is 14.4 Å². The zero-order chi connectivity index (χ0) is 15.6. The summed E-state index contributed by atoms with van der Waals surface area (Å²) in [4.78, 5) is 34.2. The number of esters is 2. The summed E-state index contributed by atoms with van der Waals surface area (Å²) >= 11 is 0. The number of carbonyl (C=O) groups excluding carboxylic acids is 2. The van der Waals surface area contributed by atoms with Crippen LogP contribution >= 0.6 is 0 Å². The second-order valence-electron chi connectivity index (χ2n) is 4.10. The van der Waals surface area contributed by atoms with Crippen molar-refractivity contribution in [2.75, 3.05) is 7.11 Å². The van der Waals surface area contributed by atoms with Crippen LogP contribution in [0.1, 0.15) is 13.8 Å². The molecule has 1 aromatic carbocycles. The highest BCUT2D eigenvalue weighted by molar-refractivity contribution is 5.90. The van der Waals surface area contributed by atoms with Crippen LogP contribution in [0.2, 0.25) is 0 Å². The quantitative estimate of drug-likeness (QED) is 0.627. The molecular formula is C14H12O7. The Balaban J connectivity index is 2.76. The van der Waals surface area contributed by atoms with Crippen LogP contribution in [0, 0.1) is 0 Å². The van der Waals surface area contributed by atoms with Crippen LogP contribution < -0.4 is 19.8 Å². The van der Waals surface area contributed by atoms with Crippen molar-refractivity contribution < 1.29 is 28.2 Å². The fraction of sp³-hybridized carbons (Fsp3) is 0.214. The van der Waals surface area contributed by atoms with Gasteiger partial charge >= 0.3 is 17.6 Å². The average molecular weight is 292 g/mol. The summed E-state index contributed by atoms with van der Waals surface area (Å²) in [6, 6.07) is 4.58. The molecule has 0 fully saturated rings. The largest absolute Gasteiger partial charge is 0.497 e. The van der Waals surface area contributed by atoms with Crippen LogP contribution in [0.5, 0.6) is 17.2 Å². The van der Waals surface area contributed by atoms with E-state index in [0.29, 0.717) is 11.1 Å². The smallest absolute Gasteiger partial charge is 0.383 e. The Bertz CT molecular complexity index is 773. The predicted molar refractivity (Wildman–Crippen MR) is 71.7 cm³/mol. The van der Waals surface area contributed by atoms with Crippen LogP contribution in [-0.2, 0) is 9.59 Å². The lowest BCUT2D eigenvalue weighted by atomic mass is 10.2. The Morgan fingerprint density at radius 2 is 1.67 bits per heavy atom. The summed E-state index contributed by atoms with van der Waals surface area (Å²) < 4.78 is 19.9. The topological polar surface area (TPSA) is 92.0 Å². The molecule has 0 saturated heterocycles. The summed E-state index contributed by atoms with van der Waals surface area (Å²) in [7, 11) is 1.46. The van der Waals surface area contributed by atoms with Gasteiger partial charge in [-0.15, -0.1) is 0 Å². The van der Waals surface area contributed by atoms with Gasteiger partial charge in [0.15, 0.2) is 5.75 Å².